The summed E-state index contributed by atoms with van der Waals surface area (Å²) in [5.41, 5.74) is 0. The first-order chi connectivity index (χ1) is 9.90. The smallest absolute Gasteiger partial charge is 0.107 e. The van der Waals surface area contributed by atoms with Crippen molar-refractivity contribution in [2.24, 2.45) is 11.8 Å². The summed E-state index contributed by atoms with van der Waals surface area (Å²) in [4.78, 5) is 9.70. The molecule has 5 heteroatoms. The third-order valence-corrected chi connectivity index (χ3v) is 5.90. The number of fused-ring (bicyclic) bond motifs is 1. The highest BCUT2D eigenvalue weighted by Gasteiger charge is 2.43. The Labute approximate surface area is 124 Å². The number of aromatic nitrogens is 1. The standard InChI is InChI=1S/C15H23N3OS/c1-2-5-18(4-1)14-11-19-10-12-7-17(8-13(12)14)9-15-16-3-6-20-15/h3,6,12-14H,1-2,4-5,7-11H2/t12-,13-,14-/m0/s1. The first-order valence-electron chi connectivity index (χ1n) is 7.82. The van der Waals surface area contributed by atoms with Gasteiger partial charge in [0.25, 0.3) is 0 Å². The molecule has 3 fully saturated rings. The van der Waals surface area contributed by atoms with Crippen LogP contribution >= 0.6 is 11.3 Å². The van der Waals surface area contributed by atoms with E-state index in [9.17, 15) is 0 Å². The number of nitrogens with zero attached hydrogens (tertiary/aromatic N) is 3. The Hall–Kier alpha value is -0.490. The van der Waals surface area contributed by atoms with Crippen LogP contribution in [0, 0.1) is 11.8 Å². The minimum Gasteiger partial charge on any atom is -0.379 e. The van der Waals surface area contributed by atoms with Crippen LogP contribution in [0.4, 0.5) is 0 Å². The topological polar surface area (TPSA) is 28.6 Å². The van der Waals surface area contributed by atoms with E-state index in [0.29, 0.717) is 6.04 Å². The van der Waals surface area contributed by atoms with Gasteiger partial charge in [0.15, 0.2) is 0 Å². The van der Waals surface area contributed by atoms with Gasteiger partial charge in [0.2, 0.25) is 0 Å². The van der Waals surface area contributed by atoms with Gasteiger partial charge in [-0.15, -0.1) is 11.3 Å². The zero-order valence-corrected chi connectivity index (χ0v) is 12.7. The van der Waals surface area contributed by atoms with Gasteiger partial charge in [0.1, 0.15) is 5.01 Å². The van der Waals surface area contributed by atoms with Crippen LogP contribution in [0.25, 0.3) is 0 Å². The molecular formula is C15H23N3OS. The quantitative estimate of drug-likeness (QED) is 0.848. The third kappa shape index (κ3) is 2.52. The van der Waals surface area contributed by atoms with Gasteiger partial charge in [-0.05, 0) is 31.8 Å². The van der Waals surface area contributed by atoms with Crippen molar-refractivity contribution in [3.8, 4) is 0 Å². The molecule has 1 aromatic rings. The number of ether oxygens (including phenoxy) is 1. The van der Waals surface area contributed by atoms with E-state index in [0.717, 1.165) is 31.6 Å². The predicted octanol–water partition coefficient (Wildman–Crippen LogP) is 1.69. The fourth-order valence-corrected chi connectivity index (χ4v) is 4.82. The van der Waals surface area contributed by atoms with E-state index in [1.807, 2.05) is 6.20 Å². The lowest BCUT2D eigenvalue weighted by molar-refractivity contribution is -0.0308. The lowest BCUT2D eigenvalue weighted by Gasteiger charge is -2.38. The molecular weight excluding hydrogens is 270 g/mol. The van der Waals surface area contributed by atoms with Gasteiger partial charge < -0.3 is 4.74 Å². The fraction of sp³-hybridized carbons (Fsp3) is 0.800. The molecule has 4 nitrogen and oxygen atoms in total. The maximum absolute atomic E-state index is 5.91. The number of thiazole rings is 1. The molecule has 3 saturated heterocycles. The lowest BCUT2D eigenvalue weighted by atomic mass is 9.87. The molecule has 0 saturated carbocycles. The summed E-state index contributed by atoms with van der Waals surface area (Å²) in [5, 5.41) is 3.33. The van der Waals surface area contributed by atoms with Crippen molar-refractivity contribution in [1.29, 1.82) is 0 Å². The van der Waals surface area contributed by atoms with Crippen molar-refractivity contribution in [1.82, 2.24) is 14.8 Å². The fourth-order valence-electron chi connectivity index (χ4n) is 4.17. The molecule has 0 spiro atoms. The van der Waals surface area contributed by atoms with Crippen LogP contribution in [0.15, 0.2) is 11.6 Å². The summed E-state index contributed by atoms with van der Waals surface area (Å²) >= 11 is 1.77. The van der Waals surface area contributed by atoms with E-state index >= 15 is 0 Å². The molecule has 3 atom stereocenters. The molecule has 0 bridgehead atoms. The summed E-state index contributed by atoms with van der Waals surface area (Å²) in [6, 6.07) is 0.664. The number of likely N-dealkylation sites (tertiary alicyclic amines) is 2. The summed E-state index contributed by atoms with van der Waals surface area (Å²) in [7, 11) is 0. The van der Waals surface area contributed by atoms with Crippen LogP contribution in [0.1, 0.15) is 17.8 Å². The van der Waals surface area contributed by atoms with Crippen LogP contribution in [-0.2, 0) is 11.3 Å². The van der Waals surface area contributed by atoms with E-state index in [-0.39, 0.29) is 0 Å². The largest absolute Gasteiger partial charge is 0.379 e. The van der Waals surface area contributed by atoms with Crippen molar-refractivity contribution in [2.45, 2.75) is 25.4 Å². The molecule has 0 aromatic carbocycles. The first kappa shape index (κ1) is 13.2. The Balaban J connectivity index is 1.43. The highest BCUT2D eigenvalue weighted by Crippen LogP contribution is 2.34. The zero-order valence-electron chi connectivity index (χ0n) is 11.9. The van der Waals surface area contributed by atoms with Crippen LogP contribution < -0.4 is 0 Å². The zero-order chi connectivity index (χ0) is 13.4. The minimum absolute atomic E-state index is 0.664. The minimum atomic E-state index is 0.664. The van der Waals surface area contributed by atoms with Gasteiger partial charge in [-0.25, -0.2) is 4.98 Å². The second-order valence-corrected chi connectivity index (χ2v) is 7.37. The Kier molecular flexibility index (Phi) is 3.77. The molecule has 0 aliphatic carbocycles. The highest BCUT2D eigenvalue weighted by molar-refractivity contribution is 7.09. The van der Waals surface area contributed by atoms with Crippen molar-refractivity contribution in [3.63, 3.8) is 0 Å². The number of hydrogen-bond donors (Lipinski definition) is 0. The summed E-state index contributed by atoms with van der Waals surface area (Å²) in [6.45, 7) is 7.92. The normalized spacial score (nSPS) is 35.5. The molecule has 1 aromatic heterocycles. The van der Waals surface area contributed by atoms with Crippen LogP contribution in [-0.4, -0.2) is 60.2 Å². The summed E-state index contributed by atoms with van der Waals surface area (Å²) in [6.07, 6.45) is 4.66. The Morgan fingerprint density at radius 3 is 2.95 bits per heavy atom. The molecule has 3 aliphatic rings. The van der Waals surface area contributed by atoms with E-state index in [1.165, 1.54) is 44.0 Å². The molecule has 0 amide bonds. The van der Waals surface area contributed by atoms with Crippen LogP contribution in [0.3, 0.4) is 0 Å². The maximum Gasteiger partial charge on any atom is 0.107 e. The highest BCUT2D eigenvalue weighted by atomic mass is 32.1. The Morgan fingerprint density at radius 1 is 1.25 bits per heavy atom. The molecule has 4 rings (SSSR count). The molecule has 20 heavy (non-hydrogen) atoms. The van der Waals surface area contributed by atoms with Gasteiger partial charge in [-0.2, -0.15) is 0 Å². The predicted molar refractivity (Wildman–Crippen MR) is 79.8 cm³/mol. The monoisotopic (exact) mass is 293 g/mol. The van der Waals surface area contributed by atoms with E-state index in [1.54, 1.807) is 11.3 Å². The van der Waals surface area contributed by atoms with Crippen molar-refractivity contribution in [2.75, 3.05) is 39.4 Å². The SMILES string of the molecule is c1csc(CN2C[C@H]3COC[C@H](N4CCCC4)[C@H]3C2)n1. The van der Waals surface area contributed by atoms with Gasteiger partial charge in [-0.3, -0.25) is 9.80 Å². The average Bonchev–Trinajstić information content (AvgIpc) is 3.19. The van der Waals surface area contributed by atoms with E-state index in [2.05, 4.69) is 20.2 Å². The van der Waals surface area contributed by atoms with Crippen molar-refractivity contribution >= 4 is 11.3 Å². The number of hydrogen-bond acceptors (Lipinski definition) is 5. The van der Waals surface area contributed by atoms with Crippen LogP contribution in [0.2, 0.25) is 0 Å². The Bertz CT molecular complexity index is 432. The lowest BCUT2D eigenvalue weighted by Crippen LogP contribution is -2.49. The van der Waals surface area contributed by atoms with E-state index < -0.39 is 0 Å². The van der Waals surface area contributed by atoms with Crippen molar-refractivity contribution in [3.05, 3.63) is 16.6 Å². The van der Waals surface area contributed by atoms with Gasteiger partial charge in [0.05, 0.1) is 19.8 Å². The van der Waals surface area contributed by atoms with Gasteiger partial charge in [0, 0.05) is 36.6 Å². The Morgan fingerprint density at radius 2 is 2.15 bits per heavy atom. The maximum atomic E-state index is 5.91. The number of rotatable bonds is 3. The van der Waals surface area contributed by atoms with Crippen LogP contribution in [0.5, 0.6) is 0 Å². The second kappa shape index (κ2) is 5.72. The first-order valence-corrected chi connectivity index (χ1v) is 8.70. The molecule has 110 valence electrons. The third-order valence-electron chi connectivity index (χ3n) is 5.13. The average molecular weight is 293 g/mol. The molecule has 3 aliphatic heterocycles. The molecule has 0 unspecified atom stereocenters. The van der Waals surface area contributed by atoms with Gasteiger partial charge >= 0.3 is 0 Å². The molecule has 4 heterocycles. The van der Waals surface area contributed by atoms with E-state index in [4.69, 9.17) is 4.74 Å². The second-order valence-electron chi connectivity index (χ2n) is 6.39. The summed E-state index contributed by atoms with van der Waals surface area (Å²) < 4.78 is 5.91. The summed E-state index contributed by atoms with van der Waals surface area (Å²) in [5.74, 6) is 1.54. The molecule has 0 N–H and O–H groups in total. The molecule has 0 radical (unpaired) electrons. The van der Waals surface area contributed by atoms with Gasteiger partial charge in [-0.1, -0.05) is 0 Å². The van der Waals surface area contributed by atoms with Crippen molar-refractivity contribution < 1.29 is 4.74 Å².